The van der Waals surface area contributed by atoms with Crippen LogP contribution in [0.1, 0.15) is 36.1 Å². The van der Waals surface area contributed by atoms with E-state index in [9.17, 15) is 36.8 Å². The van der Waals surface area contributed by atoms with Gasteiger partial charge < -0.3 is 30.4 Å². The van der Waals surface area contributed by atoms with E-state index in [0.29, 0.717) is 38.9 Å². The second-order valence-electron chi connectivity index (χ2n) is 18.6. The number of para-hydroxylation sites is 2. The highest BCUT2D eigenvalue weighted by molar-refractivity contribution is 7.93. The number of carbonyl (C=O) groups is 2. The normalized spacial score (nSPS) is 11.0. The standard InChI is InChI=1S/C32H27N7O8S.C28H23N7O4S/c1-19(40)38(42)30(33)22-8-12-24(13-9-22)46-28-17-16-26(37-48(44,45)27-7-3-5-21-6-4-18-35-29(21)27)32(36-28)47-25-14-10-23(11-15-25)31(34)39(43)20(2)41;29-26(30)18-6-10-20(11-7-18)38-24-15-14-22(28(34-24)39-21-12-8-19(9-13-21)27(31)32)35-40(36,37)23-5-1-3-17-4-2-16-33-25(17)23/h3-18,33-34,37,42-43H,1-2H3;1-16,35H,(H3,29,30)(H3,31,32). The zero-order valence-electron chi connectivity index (χ0n) is 46.1. The molecule has 0 aliphatic rings. The van der Waals surface area contributed by atoms with Crippen LogP contribution >= 0.6 is 0 Å². The number of sulfonamides is 2. The van der Waals surface area contributed by atoms with Gasteiger partial charge in [0.25, 0.3) is 20.0 Å². The maximum atomic E-state index is 13.6. The number of hydrogen-bond acceptors (Lipinski definition) is 20. The molecule has 10 rings (SSSR count). The molecule has 4 heterocycles. The fourth-order valence-electron chi connectivity index (χ4n) is 8.05. The number of ether oxygens (including phenoxy) is 4. The minimum atomic E-state index is -4.22. The number of nitrogens with zero attached hydrogens (tertiary/aromatic N) is 6. The Hall–Kier alpha value is -11.7. The summed E-state index contributed by atoms with van der Waals surface area (Å²) in [6, 6.07) is 46.7. The van der Waals surface area contributed by atoms with Crippen molar-refractivity contribution in [2.24, 2.45) is 11.5 Å². The van der Waals surface area contributed by atoms with E-state index in [0.717, 1.165) is 13.8 Å². The smallest absolute Gasteiger partial charge is 0.264 e. The topological polar surface area (TPSA) is 409 Å². The van der Waals surface area contributed by atoms with Crippen molar-refractivity contribution in [3.63, 3.8) is 0 Å². The lowest BCUT2D eigenvalue weighted by Gasteiger charge is -2.16. The third-order valence-electron chi connectivity index (χ3n) is 12.4. The number of nitrogens with one attached hydrogen (secondary N) is 6. The molecule has 12 N–H and O–H groups in total. The lowest BCUT2D eigenvalue weighted by atomic mass is 10.2. The highest BCUT2D eigenvalue weighted by Crippen LogP contribution is 2.36. The first-order valence-electron chi connectivity index (χ1n) is 25.8. The predicted molar refractivity (Wildman–Crippen MR) is 324 cm³/mol. The summed E-state index contributed by atoms with van der Waals surface area (Å²) in [7, 11) is -8.33. The molecule has 28 heteroatoms. The van der Waals surface area contributed by atoms with E-state index in [1.165, 1.54) is 97.3 Å². The van der Waals surface area contributed by atoms with Gasteiger partial charge in [0.2, 0.25) is 35.3 Å². The molecule has 0 saturated heterocycles. The molecule has 0 radical (unpaired) electrons. The van der Waals surface area contributed by atoms with Crippen molar-refractivity contribution in [3.05, 3.63) is 217 Å². The highest BCUT2D eigenvalue weighted by atomic mass is 32.2. The van der Waals surface area contributed by atoms with Crippen LogP contribution in [0.4, 0.5) is 11.4 Å². The molecule has 0 atom stereocenters. The molecule has 88 heavy (non-hydrogen) atoms. The molecular formula is C60H50N14O12S2. The minimum Gasteiger partial charge on any atom is -0.439 e. The van der Waals surface area contributed by atoms with Crippen molar-refractivity contribution in [1.29, 1.82) is 21.6 Å². The SMILES string of the molecule is CC(=O)N(O)C(=N)c1ccc(Oc2ccc(NS(=O)(=O)c3cccc4cccnc34)c(Oc3ccc(C(=N)N(O)C(C)=O)cc3)n2)cc1.N=C(N)c1ccc(Oc2ccc(NS(=O)(=O)c3cccc4cccnc34)c(Oc3ccc(C(=N)N)cc3)n2)cc1. The first-order valence-corrected chi connectivity index (χ1v) is 28.7. The molecule has 0 fully saturated rings. The Morgan fingerprint density at radius 3 is 1.09 bits per heavy atom. The fraction of sp³-hybridized carbons (Fsp3) is 0.0333. The van der Waals surface area contributed by atoms with Crippen molar-refractivity contribution < 1.29 is 55.8 Å². The van der Waals surface area contributed by atoms with Crippen LogP contribution in [0.15, 0.2) is 204 Å². The summed E-state index contributed by atoms with van der Waals surface area (Å²) in [4.78, 5) is 40.0. The van der Waals surface area contributed by atoms with E-state index >= 15 is 0 Å². The van der Waals surface area contributed by atoms with E-state index < -0.39 is 43.5 Å². The number of nitrogen functional groups attached to an aromatic ring is 2. The second kappa shape index (κ2) is 26.0. The zero-order chi connectivity index (χ0) is 62.9. The van der Waals surface area contributed by atoms with Gasteiger partial charge >= 0.3 is 0 Å². The van der Waals surface area contributed by atoms with Crippen LogP contribution in [-0.2, 0) is 29.6 Å². The van der Waals surface area contributed by atoms with Crippen molar-refractivity contribution in [3.8, 4) is 46.5 Å². The minimum absolute atomic E-state index is 0.00625. The molecule has 0 unspecified atom stereocenters. The maximum absolute atomic E-state index is 13.6. The van der Waals surface area contributed by atoms with Crippen molar-refractivity contribution in [2.75, 3.05) is 9.44 Å². The lowest BCUT2D eigenvalue weighted by molar-refractivity contribution is -0.147. The number of rotatable bonds is 18. The van der Waals surface area contributed by atoms with Gasteiger partial charge in [0.05, 0.1) is 11.0 Å². The second-order valence-corrected chi connectivity index (χ2v) is 21.9. The van der Waals surface area contributed by atoms with Gasteiger partial charge in [-0.2, -0.15) is 20.1 Å². The van der Waals surface area contributed by atoms with E-state index in [-0.39, 0.29) is 94.6 Å². The molecular weight excluding hydrogens is 1170 g/mol. The summed E-state index contributed by atoms with van der Waals surface area (Å²) < 4.78 is 82.8. The Morgan fingerprint density at radius 2 is 0.761 bits per heavy atom. The van der Waals surface area contributed by atoms with Gasteiger partial charge in [0.1, 0.15) is 55.8 Å². The van der Waals surface area contributed by atoms with Gasteiger partial charge in [-0.05, 0) is 133 Å². The molecule has 0 aliphatic carbocycles. The van der Waals surface area contributed by atoms with E-state index in [2.05, 4.69) is 29.4 Å². The van der Waals surface area contributed by atoms with Crippen LogP contribution in [0, 0.1) is 21.6 Å². The summed E-state index contributed by atoms with van der Waals surface area (Å²) in [5.74, 6) is -1.56. The van der Waals surface area contributed by atoms with Crippen LogP contribution < -0.4 is 39.9 Å². The molecule has 2 amide bonds. The molecule has 444 valence electrons. The first-order chi connectivity index (χ1) is 42.0. The molecule has 10 aromatic rings. The summed E-state index contributed by atoms with van der Waals surface area (Å²) in [6.07, 6.45) is 3.01. The quantitative estimate of drug-likeness (QED) is 0.0165. The van der Waals surface area contributed by atoms with Crippen molar-refractivity contribution >= 4 is 88.4 Å². The van der Waals surface area contributed by atoms with Gasteiger partial charge in [0, 0.05) is 71.4 Å². The summed E-state index contributed by atoms with van der Waals surface area (Å²) in [5, 5.41) is 52.3. The summed E-state index contributed by atoms with van der Waals surface area (Å²) in [6.45, 7) is 2.21. The summed E-state index contributed by atoms with van der Waals surface area (Å²) >= 11 is 0. The number of hydrogen-bond donors (Lipinski definition) is 10. The van der Waals surface area contributed by atoms with Crippen LogP contribution in [0.25, 0.3) is 21.8 Å². The average molecular weight is 1220 g/mol. The van der Waals surface area contributed by atoms with Crippen LogP contribution in [-0.4, -0.2) is 92.5 Å². The number of hydroxylamine groups is 4. The number of aromatic nitrogens is 4. The van der Waals surface area contributed by atoms with Crippen LogP contribution in [0.2, 0.25) is 0 Å². The van der Waals surface area contributed by atoms with E-state index in [1.54, 1.807) is 97.1 Å². The third kappa shape index (κ3) is 14.4. The third-order valence-corrected chi connectivity index (χ3v) is 15.2. The molecule has 4 aromatic heterocycles. The van der Waals surface area contributed by atoms with Crippen LogP contribution in [0.5, 0.6) is 46.5 Å². The molecule has 0 spiro atoms. The van der Waals surface area contributed by atoms with E-state index in [4.69, 9.17) is 52.1 Å². The van der Waals surface area contributed by atoms with Crippen molar-refractivity contribution in [1.82, 2.24) is 30.1 Å². The Bertz CT molecular complexity index is 4570. The first kappa shape index (κ1) is 60.9. The average Bonchev–Trinajstić information content (AvgIpc) is 1.62. The highest BCUT2D eigenvalue weighted by Gasteiger charge is 2.25. The molecule has 0 saturated carbocycles. The number of carbonyl (C=O) groups excluding carboxylic acids is 2. The van der Waals surface area contributed by atoms with E-state index in [1.807, 2.05) is 0 Å². The van der Waals surface area contributed by atoms with Gasteiger partial charge in [0.15, 0.2) is 11.7 Å². The molecule has 0 bridgehead atoms. The number of amides is 2. The number of benzene rings is 6. The Balaban J connectivity index is 0.000000213. The maximum Gasteiger partial charge on any atom is 0.264 e. The molecule has 0 aliphatic heterocycles. The Kier molecular flexibility index (Phi) is 18.0. The molecule has 26 nitrogen and oxygen atoms in total. The fourth-order valence-corrected chi connectivity index (χ4v) is 10.5. The molecule has 6 aromatic carbocycles. The Labute approximate surface area is 501 Å². The number of amidine groups is 4. The van der Waals surface area contributed by atoms with Gasteiger partial charge in [-0.3, -0.25) is 61.1 Å². The number of fused-ring (bicyclic) bond motifs is 2. The number of nitrogens with two attached hydrogens (primary N) is 2. The van der Waals surface area contributed by atoms with Gasteiger partial charge in [-0.1, -0.05) is 36.4 Å². The van der Waals surface area contributed by atoms with Crippen LogP contribution in [0.3, 0.4) is 0 Å². The lowest BCUT2D eigenvalue weighted by Crippen LogP contribution is -2.31. The largest absolute Gasteiger partial charge is 0.439 e. The predicted octanol–water partition coefficient (Wildman–Crippen LogP) is 9.72. The monoisotopic (exact) mass is 1220 g/mol. The Morgan fingerprint density at radius 1 is 0.443 bits per heavy atom. The van der Waals surface area contributed by atoms with Gasteiger partial charge in [-0.25, -0.2) is 16.8 Å². The number of pyridine rings is 4. The summed E-state index contributed by atoms with van der Waals surface area (Å²) in [5.41, 5.74) is 13.1. The zero-order valence-corrected chi connectivity index (χ0v) is 47.7. The van der Waals surface area contributed by atoms with Gasteiger partial charge in [-0.15, -0.1) is 0 Å². The number of anilines is 2. The van der Waals surface area contributed by atoms with Crippen molar-refractivity contribution in [2.45, 2.75) is 23.6 Å².